The molecule has 3 fully saturated rings. The predicted molar refractivity (Wildman–Crippen MR) is 236 cm³/mol. The number of imidazole rings is 3. The Labute approximate surface area is 378 Å². The second-order valence-corrected chi connectivity index (χ2v) is 19.1. The Kier molecular flexibility index (Phi) is 12.7. The molecule has 0 radical (unpaired) electrons. The highest BCUT2D eigenvalue weighted by atomic mass is 35.5. The molecule has 3 aliphatic heterocycles. The summed E-state index contributed by atoms with van der Waals surface area (Å²) < 4.78 is 22.7. The number of H-pyrrole nitrogens is 2. The van der Waals surface area contributed by atoms with Crippen LogP contribution in [0.15, 0.2) is 28.6 Å². The number of aliphatic hydroxyl groups excluding tert-OH is 2. The number of halogens is 4. The number of alkyl halides is 3. The van der Waals surface area contributed by atoms with E-state index in [9.17, 15) is 19.8 Å². The molecule has 12 atom stereocenters. The summed E-state index contributed by atoms with van der Waals surface area (Å²) in [6, 6.07) is 0. The minimum atomic E-state index is -1.22. The first-order valence-corrected chi connectivity index (χ1v) is 21.5. The summed E-state index contributed by atoms with van der Waals surface area (Å²) in [7, 11) is 0. The van der Waals surface area contributed by atoms with Crippen molar-refractivity contribution in [2.24, 2.45) is 11.8 Å². The molecule has 22 nitrogen and oxygen atoms in total. The number of nitrogen functional groups attached to an aromatic ring is 3. The Morgan fingerprint density at radius 3 is 1.43 bits per heavy atom. The van der Waals surface area contributed by atoms with Crippen LogP contribution < -0.4 is 28.3 Å². The number of nitrogens with zero attached hydrogens (tertiary/aromatic N) is 10. The van der Waals surface area contributed by atoms with Crippen molar-refractivity contribution < 1.29 is 24.4 Å². The number of anilines is 3. The van der Waals surface area contributed by atoms with Crippen molar-refractivity contribution in [1.82, 2.24) is 58.6 Å². The van der Waals surface area contributed by atoms with Gasteiger partial charge in [0.05, 0.1) is 47.5 Å². The maximum absolute atomic E-state index is 11.8. The summed E-state index contributed by atoms with van der Waals surface area (Å²) in [6.07, 6.45) is 2.77. The van der Waals surface area contributed by atoms with Gasteiger partial charge in [-0.15, -0.1) is 34.8 Å². The highest BCUT2D eigenvalue weighted by Crippen LogP contribution is 2.50. The number of hydrogen-bond acceptors (Lipinski definition) is 17. The van der Waals surface area contributed by atoms with E-state index >= 15 is 0 Å². The van der Waals surface area contributed by atoms with Gasteiger partial charge in [-0.3, -0.25) is 33.3 Å². The number of aliphatic hydroxyl groups is 2. The van der Waals surface area contributed by atoms with Gasteiger partial charge < -0.3 is 41.6 Å². The van der Waals surface area contributed by atoms with Gasteiger partial charge in [0.1, 0.15) is 22.6 Å². The Bertz CT molecular complexity index is 2630. The van der Waals surface area contributed by atoms with Crippen LogP contribution in [0.25, 0.3) is 33.5 Å². The molecule has 342 valence electrons. The molecule has 26 heteroatoms. The molecule has 3 saturated heterocycles. The van der Waals surface area contributed by atoms with E-state index in [1.54, 1.807) is 22.4 Å². The average molecular weight is 958 g/mol. The topological polar surface area (TPSA) is 317 Å². The molecule has 6 aromatic rings. The van der Waals surface area contributed by atoms with E-state index < -0.39 is 44.8 Å². The maximum Gasteiger partial charge on any atom is 0.280 e. The number of rotatable bonds is 6. The molecule has 0 spiro atoms. The zero-order chi connectivity index (χ0) is 46.1. The highest BCUT2D eigenvalue weighted by Gasteiger charge is 2.54. The fourth-order valence-electron chi connectivity index (χ4n) is 8.25. The Hall–Kier alpha value is -4.39. The molecule has 0 bridgehead atoms. The van der Waals surface area contributed by atoms with Crippen LogP contribution in [-0.2, 0) is 14.2 Å². The smallest absolute Gasteiger partial charge is 0.280 e. The minimum Gasteiger partial charge on any atom is -0.394 e. The van der Waals surface area contributed by atoms with Gasteiger partial charge in [-0.1, -0.05) is 39.3 Å². The van der Waals surface area contributed by atoms with Crippen LogP contribution in [0, 0.1) is 11.8 Å². The largest absolute Gasteiger partial charge is 0.394 e. The third kappa shape index (κ3) is 8.07. The van der Waals surface area contributed by atoms with Crippen LogP contribution >= 0.6 is 46.4 Å². The molecule has 9 rings (SSSR count). The number of ether oxygens (including phenoxy) is 3. The third-order valence-corrected chi connectivity index (χ3v) is 14.0. The molecular formula is C37H49Cl4N15O7. The Morgan fingerprint density at radius 1 is 0.667 bits per heavy atom. The SMILES string of the molecule is CC[C@H]1O[C@@H](n2cnc3c(=O)[nH]c(N)nc32)[C@](C)(Cl)[C@@H]1C.CC[C@H]1O[C@@H](n2cnc3c(Cl)nc(N)nc32)[C@](C)(Cl)[C@@H]1C.C[C@@]1(Cl)[C@H](O)[C@@H](CO)O[C@H]1n1cnc2c(=O)[nH]c(N)nc21. The number of hydrogen-bond donors (Lipinski definition) is 7. The van der Waals surface area contributed by atoms with E-state index in [1.807, 2.05) is 13.8 Å². The zero-order valence-corrected chi connectivity index (χ0v) is 38.2. The average Bonchev–Trinajstić information content (AvgIpc) is 4.05. The summed E-state index contributed by atoms with van der Waals surface area (Å²) in [5.74, 6) is 0.433. The van der Waals surface area contributed by atoms with E-state index in [2.05, 4.69) is 72.6 Å². The second-order valence-electron chi connectivity index (χ2n) is 16.3. The Morgan fingerprint density at radius 2 is 1.05 bits per heavy atom. The zero-order valence-electron chi connectivity index (χ0n) is 35.2. The molecule has 3 aliphatic rings. The van der Waals surface area contributed by atoms with Gasteiger partial charge in [0, 0.05) is 11.8 Å². The molecule has 10 N–H and O–H groups in total. The van der Waals surface area contributed by atoms with Crippen molar-refractivity contribution in [3.63, 3.8) is 0 Å². The van der Waals surface area contributed by atoms with Crippen molar-refractivity contribution in [3.8, 4) is 0 Å². The summed E-state index contributed by atoms with van der Waals surface area (Å²) in [4.78, 5) is 54.6. The minimum absolute atomic E-state index is 0.0450. The quantitative estimate of drug-likeness (QED) is 0.0926. The van der Waals surface area contributed by atoms with Gasteiger partial charge in [-0.25, -0.2) is 15.0 Å². The summed E-state index contributed by atoms with van der Waals surface area (Å²) >= 11 is 25.9. The lowest BCUT2D eigenvalue weighted by Crippen LogP contribution is -2.39. The standard InChI is InChI=1S/C13H17Cl2N5O.C13H18ClN5O2.C11H14ClN5O4/c1-4-7-6(2)13(3,15)11(21-7)20-5-17-8-9(14)18-12(16)19-10(8)20;1-4-7-6(2)13(3,14)11(21-7)19-5-16-8-9(19)17-12(15)18-10(8)20;1-11(12)6(19)4(2-18)21-9(11)17-3-14-5-7(17)15-10(13)16-8(5)20/h5-7,11H,4H2,1-3H3,(H2,16,18,19);5-7,11H,4H2,1-3H3,(H3,15,17,18,20);3-4,6,9,18-19H,2H2,1H3,(H3,13,15,16,20)/t2*6-,7-,11-,13-;4-,6-,9-,11-/m111/s1. The molecule has 0 unspecified atom stereocenters. The van der Waals surface area contributed by atoms with Crippen molar-refractivity contribution in [2.45, 2.75) is 119 Å². The normalized spacial score (nSPS) is 32.9. The fraction of sp³-hybridized carbons (Fsp3) is 0.595. The van der Waals surface area contributed by atoms with Crippen LogP contribution in [0.5, 0.6) is 0 Å². The molecule has 0 aliphatic carbocycles. The van der Waals surface area contributed by atoms with Crippen molar-refractivity contribution in [1.29, 1.82) is 0 Å². The van der Waals surface area contributed by atoms with Crippen LogP contribution in [-0.4, -0.2) is 114 Å². The van der Waals surface area contributed by atoms with Crippen molar-refractivity contribution in [3.05, 3.63) is 44.8 Å². The van der Waals surface area contributed by atoms with Gasteiger partial charge in [-0.2, -0.15) is 19.9 Å². The molecule has 63 heavy (non-hydrogen) atoms. The molecular weight excluding hydrogens is 908 g/mol. The fourth-order valence-corrected chi connectivity index (χ4v) is 9.36. The maximum atomic E-state index is 11.8. The first kappa shape index (κ1) is 46.6. The van der Waals surface area contributed by atoms with Gasteiger partial charge in [0.25, 0.3) is 11.1 Å². The number of nitrogens with one attached hydrogen (secondary N) is 2. The summed E-state index contributed by atoms with van der Waals surface area (Å²) in [5, 5.41) is 19.6. The van der Waals surface area contributed by atoms with Crippen LogP contribution in [0.3, 0.4) is 0 Å². The van der Waals surface area contributed by atoms with Gasteiger partial charge in [0.2, 0.25) is 17.8 Å². The molecule has 9 heterocycles. The van der Waals surface area contributed by atoms with Crippen LogP contribution in [0.4, 0.5) is 17.8 Å². The van der Waals surface area contributed by atoms with E-state index in [0.717, 1.165) is 12.8 Å². The van der Waals surface area contributed by atoms with E-state index in [1.165, 1.54) is 17.2 Å². The van der Waals surface area contributed by atoms with Crippen LogP contribution in [0.1, 0.15) is 80.0 Å². The molecule has 6 aromatic heterocycles. The number of nitrogens with two attached hydrogens (primary N) is 3. The van der Waals surface area contributed by atoms with E-state index in [4.69, 9.17) is 77.8 Å². The van der Waals surface area contributed by atoms with E-state index in [-0.39, 0.29) is 82.1 Å². The summed E-state index contributed by atoms with van der Waals surface area (Å²) in [6.45, 7) is 13.4. The monoisotopic (exact) mass is 955 g/mol. The number of aromatic nitrogens is 12. The lowest BCUT2D eigenvalue weighted by atomic mass is 9.90. The lowest BCUT2D eigenvalue weighted by molar-refractivity contribution is -0.0441. The molecule has 0 saturated carbocycles. The van der Waals surface area contributed by atoms with Gasteiger partial charge in [-0.05, 0) is 33.6 Å². The molecule has 0 amide bonds. The Balaban J connectivity index is 0.000000142. The molecule has 0 aromatic carbocycles. The summed E-state index contributed by atoms with van der Waals surface area (Å²) in [5.41, 5.74) is 17.9. The van der Waals surface area contributed by atoms with Gasteiger partial charge >= 0.3 is 0 Å². The van der Waals surface area contributed by atoms with Crippen molar-refractivity contribution in [2.75, 3.05) is 23.8 Å². The van der Waals surface area contributed by atoms with Crippen LogP contribution in [0.2, 0.25) is 5.15 Å². The van der Waals surface area contributed by atoms with E-state index in [0.29, 0.717) is 16.8 Å². The lowest BCUT2D eigenvalue weighted by Gasteiger charge is -2.27. The predicted octanol–water partition coefficient (Wildman–Crippen LogP) is 3.60. The number of aromatic amines is 2. The van der Waals surface area contributed by atoms with Crippen molar-refractivity contribution >= 4 is 97.7 Å². The second kappa shape index (κ2) is 17.2. The van der Waals surface area contributed by atoms with Gasteiger partial charge in [0.15, 0.2) is 51.8 Å². The third-order valence-electron chi connectivity index (χ3n) is 12.2. The first-order chi connectivity index (χ1) is 29.6. The highest BCUT2D eigenvalue weighted by molar-refractivity contribution is 6.33. The number of fused-ring (bicyclic) bond motifs is 3. The first-order valence-electron chi connectivity index (χ1n) is 20.0.